The van der Waals surface area contributed by atoms with E-state index in [0.717, 1.165) is 31.3 Å². The fourth-order valence-corrected chi connectivity index (χ4v) is 2.97. The van der Waals surface area contributed by atoms with Crippen molar-refractivity contribution in [3.05, 3.63) is 47.7 Å². The molecule has 136 valence electrons. The Labute approximate surface area is 150 Å². The van der Waals surface area contributed by atoms with E-state index in [-0.39, 0.29) is 11.5 Å². The van der Waals surface area contributed by atoms with Gasteiger partial charge in [0.25, 0.3) is 0 Å². The van der Waals surface area contributed by atoms with Crippen molar-refractivity contribution in [2.45, 2.75) is 38.8 Å². The molecule has 2 heterocycles. The molecule has 1 saturated heterocycles. The van der Waals surface area contributed by atoms with Crippen LogP contribution < -0.4 is 4.90 Å². The van der Waals surface area contributed by atoms with Crippen LogP contribution >= 0.6 is 0 Å². The Kier molecular flexibility index (Phi) is 5.16. The lowest BCUT2D eigenvalue weighted by atomic mass is 9.93. The number of aromatic nitrogens is 1. The highest BCUT2D eigenvalue weighted by Crippen LogP contribution is 2.29. The molecule has 0 saturated carbocycles. The summed E-state index contributed by atoms with van der Waals surface area (Å²) in [6.45, 7) is 9.57. The van der Waals surface area contributed by atoms with Crippen molar-refractivity contribution in [2.75, 3.05) is 38.8 Å². The van der Waals surface area contributed by atoms with Crippen molar-refractivity contribution in [1.29, 1.82) is 0 Å². The van der Waals surface area contributed by atoms with Crippen molar-refractivity contribution < 1.29 is 9.15 Å². The van der Waals surface area contributed by atoms with E-state index < -0.39 is 0 Å². The van der Waals surface area contributed by atoms with Gasteiger partial charge in [0, 0.05) is 38.3 Å². The molecule has 1 aliphatic rings. The van der Waals surface area contributed by atoms with Gasteiger partial charge in [-0.3, -0.25) is 4.90 Å². The van der Waals surface area contributed by atoms with E-state index in [1.807, 2.05) is 0 Å². The highest BCUT2D eigenvalue weighted by molar-refractivity contribution is 5.46. The minimum atomic E-state index is -0.00981. The van der Waals surface area contributed by atoms with Crippen molar-refractivity contribution in [3.8, 4) is 0 Å². The number of anilines is 1. The van der Waals surface area contributed by atoms with E-state index in [9.17, 15) is 0 Å². The van der Waals surface area contributed by atoms with E-state index in [1.54, 1.807) is 6.26 Å². The lowest BCUT2D eigenvalue weighted by Crippen LogP contribution is -2.39. The Hall–Kier alpha value is -1.85. The molecule has 1 aromatic heterocycles. The first-order chi connectivity index (χ1) is 11.8. The third-order valence-electron chi connectivity index (χ3n) is 4.65. The molecule has 0 aliphatic carbocycles. The van der Waals surface area contributed by atoms with Gasteiger partial charge in [-0.25, -0.2) is 4.98 Å². The van der Waals surface area contributed by atoms with Crippen LogP contribution in [0.2, 0.25) is 0 Å². The van der Waals surface area contributed by atoms with Crippen LogP contribution in [0.5, 0.6) is 0 Å². The summed E-state index contributed by atoms with van der Waals surface area (Å²) in [7, 11) is 4.12. The largest absolute Gasteiger partial charge is 0.447 e. The maximum atomic E-state index is 5.81. The predicted octanol–water partition coefficient (Wildman–Crippen LogP) is 3.61. The van der Waals surface area contributed by atoms with Crippen molar-refractivity contribution in [2.24, 2.45) is 0 Å². The van der Waals surface area contributed by atoms with Crippen LogP contribution in [-0.2, 0) is 16.7 Å². The normalized spacial score (nSPS) is 19.2. The highest BCUT2D eigenvalue weighted by Gasteiger charge is 2.30. The van der Waals surface area contributed by atoms with Crippen LogP contribution in [0, 0.1) is 0 Å². The first kappa shape index (κ1) is 18.0. The fourth-order valence-electron chi connectivity index (χ4n) is 2.97. The monoisotopic (exact) mass is 343 g/mol. The Morgan fingerprint density at radius 3 is 2.52 bits per heavy atom. The molecule has 1 aliphatic heterocycles. The summed E-state index contributed by atoms with van der Waals surface area (Å²) in [6, 6.07) is 8.77. The molecule has 0 bridgehead atoms. The summed E-state index contributed by atoms with van der Waals surface area (Å²) in [5, 5.41) is 0. The van der Waals surface area contributed by atoms with E-state index in [2.05, 4.69) is 68.9 Å². The molecule has 1 fully saturated rings. The van der Waals surface area contributed by atoms with Gasteiger partial charge in [-0.05, 0) is 17.7 Å². The molecule has 25 heavy (non-hydrogen) atoms. The molecular weight excluding hydrogens is 314 g/mol. The Bertz CT molecular complexity index is 686. The van der Waals surface area contributed by atoms with E-state index in [1.165, 1.54) is 11.3 Å². The minimum Gasteiger partial charge on any atom is -0.447 e. The molecule has 0 amide bonds. The Balaban J connectivity index is 1.75. The van der Waals surface area contributed by atoms with Gasteiger partial charge in [0.15, 0.2) is 0 Å². The maximum Gasteiger partial charge on any atom is 0.214 e. The number of rotatable bonds is 4. The van der Waals surface area contributed by atoms with Gasteiger partial charge in [-0.1, -0.05) is 32.9 Å². The molecule has 5 heteroatoms. The van der Waals surface area contributed by atoms with Gasteiger partial charge in [-0.2, -0.15) is 0 Å². The van der Waals surface area contributed by atoms with Gasteiger partial charge in [0.2, 0.25) is 5.89 Å². The van der Waals surface area contributed by atoms with Gasteiger partial charge in [0.05, 0.1) is 18.9 Å². The fraction of sp³-hybridized carbons (Fsp3) is 0.550. The van der Waals surface area contributed by atoms with Crippen LogP contribution in [0.15, 0.2) is 34.9 Å². The topological polar surface area (TPSA) is 41.7 Å². The number of morpholine rings is 1. The average Bonchev–Trinajstić information content (AvgIpc) is 3.06. The van der Waals surface area contributed by atoms with E-state index >= 15 is 0 Å². The highest BCUT2D eigenvalue weighted by atomic mass is 16.5. The van der Waals surface area contributed by atoms with Crippen molar-refractivity contribution >= 4 is 5.69 Å². The first-order valence-corrected chi connectivity index (χ1v) is 8.88. The maximum absolute atomic E-state index is 5.81. The molecule has 1 unspecified atom stereocenters. The molecular formula is C20H29N3O2. The summed E-state index contributed by atoms with van der Waals surface area (Å²) < 4.78 is 11.5. The van der Waals surface area contributed by atoms with Gasteiger partial charge >= 0.3 is 0 Å². The number of hydrogen-bond donors (Lipinski definition) is 0. The zero-order valence-corrected chi connectivity index (χ0v) is 16.0. The van der Waals surface area contributed by atoms with Crippen LogP contribution in [0.1, 0.15) is 44.0 Å². The summed E-state index contributed by atoms with van der Waals surface area (Å²) in [4.78, 5) is 9.25. The summed E-state index contributed by atoms with van der Waals surface area (Å²) >= 11 is 0. The van der Waals surface area contributed by atoms with Crippen LogP contribution in [0.3, 0.4) is 0 Å². The lowest BCUT2D eigenvalue weighted by Gasteiger charge is -2.33. The van der Waals surface area contributed by atoms with Gasteiger partial charge in [0.1, 0.15) is 12.3 Å². The Morgan fingerprint density at radius 1 is 1.20 bits per heavy atom. The zero-order valence-electron chi connectivity index (χ0n) is 16.0. The third-order valence-corrected chi connectivity index (χ3v) is 4.65. The second kappa shape index (κ2) is 7.18. The quantitative estimate of drug-likeness (QED) is 0.848. The molecule has 3 rings (SSSR count). The van der Waals surface area contributed by atoms with Crippen molar-refractivity contribution in [3.63, 3.8) is 0 Å². The lowest BCUT2D eigenvalue weighted by molar-refractivity contribution is -0.0223. The van der Waals surface area contributed by atoms with E-state index in [0.29, 0.717) is 6.61 Å². The number of nitrogens with zero attached hydrogens (tertiary/aromatic N) is 3. The second-order valence-corrected chi connectivity index (χ2v) is 7.94. The Morgan fingerprint density at radius 2 is 1.92 bits per heavy atom. The summed E-state index contributed by atoms with van der Waals surface area (Å²) in [5.74, 6) is 0.759. The standard InChI is InChI=1S/C20H29N3O2/c1-20(2,3)18-14-25-19(21-18)17-13-24-11-10-23(17)12-15-6-8-16(9-7-15)22(4)5/h6-9,14,17H,10-13H2,1-5H3. The summed E-state index contributed by atoms with van der Waals surface area (Å²) in [6.07, 6.45) is 1.79. The molecule has 1 atom stereocenters. The van der Waals surface area contributed by atoms with Crippen molar-refractivity contribution in [1.82, 2.24) is 9.88 Å². The van der Waals surface area contributed by atoms with Crippen LogP contribution in [-0.4, -0.2) is 43.7 Å². The smallest absolute Gasteiger partial charge is 0.214 e. The molecule has 1 aromatic carbocycles. The van der Waals surface area contributed by atoms with Gasteiger partial charge < -0.3 is 14.1 Å². The number of oxazole rings is 1. The predicted molar refractivity (Wildman–Crippen MR) is 99.9 cm³/mol. The molecule has 5 nitrogen and oxygen atoms in total. The second-order valence-electron chi connectivity index (χ2n) is 7.94. The zero-order chi connectivity index (χ0) is 18.0. The SMILES string of the molecule is CN(C)c1ccc(CN2CCOCC2c2nc(C(C)(C)C)co2)cc1. The molecule has 0 N–H and O–H groups in total. The third kappa shape index (κ3) is 4.22. The molecule has 0 radical (unpaired) electrons. The summed E-state index contributed by atoms with van der Waals surface area (Å²) in [5.41, 5.74) is 3.48. The minimum absolute atomic E-state index is 0.00981. The van der Waals surface area contributed by atoms with E-state index in [4.69, 9.17) is 14.1 Å². The van der Waals surface area contributed by atoms with Gasteiger partial charge in [-0.15, -0.1) is 0 Å². The number of hydrogen-bond acceptors (Lipinski definition) is 5. The van der Waals surface area contributed by atoms with Crippen LogP contribution in [0.4, 0.5) is 5.69 Å². The molecule has 2 aromatic rings. The van der Waals surface area contributed by atoms with Crippen LogP contribution in [0.25, 0.3) is 0 Å². The average molecular weight is 343 g/mol. The number of ether oxygens (including phenoxy) is 1. The molecule has 0 spiro atoms. The first-order valence-electron chi connectivity index (χ1n) is 8.88. The number of benzene rings is 1.